The molecule has 0 saturated heterocycles. The second-order valence-electron chi connectivity index (χ2n) is 6.45. The molecule has 3 aromatic rings. The van der Waals surface area contributed by atoms with Gasteiger partial charge in [0.15, 0.2) is 17.3 Å². The third kappa shape index (κ3) is 4.01. The van der Waals surface area contributed by atoms with Gasteiger partial charge in [0.05, 0.1) is 44.0 Å². The van der Waals surface area contributed by atoms with Crippen LogP contribution in [-0.2, 0) is 0 Å². The Balaban J connectivity index is 1.93. The van der Waals surface area contributed by atoms with Crippen molar-refractivity contribution in [2.24, 2.45) is 0 Å². The molecule has 2 aromatic carbocycles. The summed E-state index contributed by atoms with van der Waals surface area (Å²) in [5.41, 5.74) is 3.76. The minimum absolute atomic E-state index is 0.115. The van der Waals surface area contributed by atoms with Crippen LogP contribution in [0.15, 0.2) is 48.5 Å². The molecule has 0 fully saturated rings. The van der Waals surface area contributed by atoms with Crippen molar-refractivity contribution in [1.29, 1.82) is 0 Å². The van der Waals surface area contributed by atoms with E-state index in [1.165, 1.54) is 6.08 Å². The number of carbonyl (C=O) groups is 1. The number of hydrogen-bond donors (Lipinski definition) is 0. The van der Waals surface area contributed by atoms with Gasteiger partial charge >= 0.3 is 0 Å². The standard InChI is InChI=1S/C23H24N2O4/c1-15-22(16(2)25(24-15)18-9-7-6-8-10-18)19(26)12-11-17-13-20(27-3)23(29-5)21(14-17)28-4/h6-14H,1-5H3/b12-11+. The molecule has 0 aliphatic carbocycles. The van der Waals surface area contributed by atoms with Crippen LogP contribution in [0.25, 0.3) is 11.8 Å². The van der Waals surface area contributed by atoms with E-state index in [0.29, 0.717) is 28.5 Å². The van der Waals surface area contributed by atoms with E-state index in [-0.39, 0.29) is 5.78 Å². The Labute approximate surface area is 170 Å². The Morgan fingerprint density at radius 3 is 2.14 bits per heavy atom. The van der Waals surface area contributed by atoms with E-state index in [2.05, 4.69) is 5.10 Å². The van der Waals surface area contributed by atoms with Crippen molar-refractivity contribution in [3.05, 3.63) is 71.1 Å². The van der Waals surface area contributed by atoms with Crippen molar-refractivity contribution in [3.8, 4) is 22.9 Å². The molecular formula is C23H24N2O4. The summed E-state index contributed by atoms with van der Waals surface area (Å²) in [6, 6.07) is 13.3. The Hall–Kier alpha value is -3.54. The largest absolute Gasteiger partial charge is 0.493 e. The third-order valence-corrected chi connectivity index (χ3v) is 4.65. The van der Waals surface area contributed by atoms with E-state index in [1.54, 1.807) is 44.2 Å². The zero-order valence-corrected chi connectivity index (χ0v) is 17.2. The minimum Gasteiger partial charge on any atom is -0.493 e. The van der Waals surface area contributed by atoms with Crippen LogP contribution in [0.1, 0.15) is 27.3 Å². The van der Waals surface area contributed by atoms with Gasteiger partial charge in [0.2, 0.25) is 5.75 Å². The molecule has 6 nitrogen and oxygen atoms in total. The number of carbonyl (C=O) groups excluding carboxylic acids is 1. The fourth-order valence-corrected chi connectivity index (χ4v) is 3.27. The van der Waals surface area contributed by atoms with Gasteiger partial charge in [-0.15, -0.1) is 0 Å². The number of benzene rings is 2. The van der Waals surface area contributed by atoms with E-state index in [0.717, 1.165) is 16.9 Å². The van der Waals surface area contributed by atoms with E-state index in [1.807, 2.05) is 44.2 Å². The van der Waals surface area contributed by atoms with E-state index in [4.69, 9.17) is 14.2 Å². The molecule has 0 amide bonds. The van der Waals surface area contributed by atoms with Crippen LogP contribution in [0.3, 0.4) is 0 Å². The molecule has 0 bridgehead atoms. The van der Waals surface area contributed by atoms with Gasteiger partial charge in [-0.3, -0.25) is 4.79 Å². The van der Waals surface area contributed by atoms with Crippen LogP contribution in [0.2, 0.25) is 0 Å². The first-order valence-electron chi connectivity index (χ1n) is 9.14. The Kier molecular flexibility index (Phi) is 6.02. The average molecular weight is 392 g/mol. The van der Waals surface area contributed by atoms with Crippen molar-refractivity contribution >= 4 is 11.9 Å². The normalized spacial score (nSPS) is 10.9. The number of methoxy groups -OCH3 is 3. The molecule has 1 heterocycles. The van der Waals surface area contributed by atoms with Crippen molar-refractivity contribution in [1.82, 2.24) is 9.78 Å². The molecule has 0 spiro atoms. The molecule has 0 N–H and O–H groups in total. The van der Waals surface area contributed by atoms with Gasteiger partial charge < -0.3 is 14.2 Å². The van der Waals surface area contributed by atoms with Crippen LogP contribution >= 0.6 is 0 Å². The zero-order valence-electron chi connectivity index (χ0n) is 17.2. The molecule has 150 valence electrons. The Morgan fingerprint density at radius 1 is 0.966 bits per heavy atom. The summed E-state index contributed by atoms with van der Waals surface area (Å²) in [5, 5.41) is 4.54. The fourth-order valence-electron chi connectivity index (χ4n) is 3.27. The van der Waals surface area contributed by atoms with Crippen molar-refractivity contribution in [2.45, 2.75) is 13.8 Å². The highest BCUT2D eigenvalue weighted by molar-refractivity contribution is 6.08. The predicted octanol–water partition coefficient (Wildman–Crippen LogP) is 4.41. The highest BCUT2D eigenvalue weighted by atomic mass is 16.5. The lowest BCUT2D eigenvalue weighted by Gasteiger charge is -2.12. The summed E-state index contributed by atoms with van der Waals surface area (Å²) in [7, 11) is 4.66. The summed E-state index contributed by atoms with van der Waals surface area (Å²) >= 11 is 0. The van der Waals surface area contributed by atoms with Gasteiger partial charge in [0.25, 0.3) is 0 Å². The van der Waals surface area contributed by atoms with Crippen molar-refractivity contribution in [3.63, 3.8) is 0 Å². The first-order valence-corrected chi connectivity index (χ1v) is 9.14. The number of aromatic nitrogens is 2. The molecule has 0 radical (unpaired) electrons. The highest BCUT2D eigenvalue weighted by Gasteiger charge is 2.18. The predicted molar refractivity (Wildman–Crippen MR) is 113 cm³/mol. The molecule has 0 aliphatic heterocycles. The SMILES string of the molecule is COc1cc(/C=C/C(=O)c2c(C)nn(-c3ccccc3)c2C)cc(OC)c1OC. The summed E-state index contributed by atoms with van der Waals surface area (Å²) in [4.78, 5) is 12.9. The number of ketones is 1. The van der Waals surface area contributed by atoms with Gasteiger partial charge in [-0.05, 0) is 49.8 Å². The molecular weight excluding hydrogens is 368 g/mol. The maximum atomic E-state index is 12.9. The second kappa shape index (κ2) is 8.65. The number of ether oxygens (including phenoxy) is 3. The van der Waals surface area contributed by atoms with Crippen LogP contribution in [-0.4, -0.2) is 36.9 Å². The maximum Gasteiger partial charge on any atom is 0.203 e. The molecule has 1 aromatic heterocycles. The lowest BCUT2D eigenvalue weighted by atomic mass is 10.1. The third-order valence-electron chi connectivity index (χ3n) is 4.65. The highest BCUT2D eigenvalue weighted by Crippen LogP contribution is 2.38. The van der Waals surface area contributed by atoms with Gasteiger partial charge in [0, 0.05) is 0 Å². The maximum absolute atomic E-state index is 12.9. The van der Waals surface area contributed by atoms with Crippen molar-refractivity contribution < 1.29 is 19.0 Å². The van der Waals surface area contributed by atoms with Gasteiger partial charge in [-0.2, -0.15) is 5.10 Å². The van der Waals surface area contributed by atoms with Crippen molar-refractivity contribution in [2.75, 3.05) is 21.3 Å². The topological polar surface area (TPSA) is 62.6 Å². The smallest absolute Gasteiger partial charge is 0.203 e. The molecule has 0 saturated carbocycles. The average Bonchev–Trinajstić information content (AvgIpc) is 3.05. The van der Waals surface area contributed by atoms with Crippen LogP contribution in [0.4, 0.5) is 0 Å². The monoisotopic (exact) mass is 392 g/mol. The second-order valence-corrected chi connectivity index (χ2v) is 6.45. The van der Waals surface area contributed by atoms with Gasteiger partial charge in [0.1, 0.15) is 0 Å². The quantitative estimate of drug-likeness (QED) is 0.440. The number of aryl methyl sites for hydroxylation is 1. The summed E-state index contributed by atoms with van der Waals surface area (Å²) in [5.74, 6) is 1.46. The van der Waals surface area contributed by atoms with Crippen LogP contribution in [0, 0.1) is 13.8 Å². The number of allylic oxidation sites excluding steroid dienone is 1. The molecule has 6 heteroatoms. The van der Waals surface area contributed by atoms with Gasteiger partial charge in [-0.1, -0.05) is 24.3 Å². The number of rotatable bonds is 7. The first-order chi connectivity index (χ1) is 14.0. The Morgan fingerprint density at radius 2 is 1.59 bits per heavy atom. The summed E-state index contributed by atoms with van der Waals surface area (Å²) < 4.78 is 17.8. The Bertz CT molecular complexity index is 1030. The number of nitrogens with zero attached hydrogens (tertiary/aromatic N) is 2. The zero-order chi connectivity index (χ0) is 21.0. The first kappa shape index (κ1) is 20.2. The summed E-state index contributed by atoms with van der Waals surface area (Å²) in [6.07, 6.45) is 3.26. The van der Waals surface area contributed by atoms with E-state index < -0.39 is 0 Å². The number of hydrogen-bond acceptors (Lipinski definition) is 5. The fraction of sp³-hybridized carbons (Fsp3) is 0.217. The molecule has 3 rings (SSSR count). The lowest BCUT2D eigenvalue weighted by Crippen LogP contribution is -2.01. The van der Waals surface area contributed by atoms with E-state index in [9.17, 15) is 4.79 Å². The minimum atomic E-state index is -0.115. The molecule has 0 aliphatic rings. The molecule has 0 unspecified atom stereocenters. The molecule has 0 atom stereocenters. The summed E-state index contributed by atoms with van der Waals surface area (Å²) in [6.45, 7) is 3.74. The van der Waals surface area contributed by atoms with Crippen LogP contribution < -0.4 is 14.2 Å². The lowest BCUT2D eigenvalue weighted by molar-refractivity contribution is 0.104. The molecule has 29 heavy (non-hydrogen) atoms. The van der Waals surface area contributed by atoms with Gasteiger partial charge in [-0.25, -0.2) is 4.68 Å². The number of para-hydroxylation sites is 1. The van der Waals surface area contributed by atoms with Crippen LogP contribution in [0.5, 0.6) is 17.2 Å². The van der Waals surface area contributed by atoms with E-state index >= 15 is 0 Å².